The highest BCUT2D eigenvalue weighted by molar-refractivity contribution is 5.71. The van der Waals surface area contributed by atoms with Gasteiger partial charge in [-0.3, -0.25) is 14.4 Å². The second-order valence-electron chi connectivity index (χ2n) is 16.4. The van der Waals surface area contributed by atoms with Crippen LogP contribution in [0.2, 0.25) is 0 Å². The van der Waals surface area contributed by atoms with Gasteiger partial charge in [-0.15, -0.1) is 0 Å². The zero-order valence-electron chi connectivity index (χ0n) is 40.1. The maximum atomic E-state index is 12.8. The molecule has 0 bridgehead atoms. The van der Waals surface area contributed by atoms with E-state index in [1.807, 2.05) is 24.3 Å². The Kier molecular flexibility index (Phi) is 47.0. The molecule has 6 nitrogen and oxygen atoms in total. The zero-order chi connectivity index (χ0) is 45.1. The van der Waals surface area contributed by atoms with Crippen molar-refractivity contribution < 1.29 is 28.6 Å². The van der Waals surface area contributed by atoms with E-state index in [0.717, 1.165) is 128 Å². The number of allylic oxidation sites excluding steroid dienone is 16. The summed E-state index contributed by atoms with van der Waals surface area (Å²) in [5, 5.41) is 0. The number of carbonyl (C=O) groups excluding carboxylic acids is 3. The van der Waals surface area contributed by atoms with Crippen LogP contribution in [0.3, 0.4) is 0 Å². The number of unbranched alkanes of at least 4 members (excludes halogenated alkanes) is 20. The Morgan fingerprint density at radius 1 is 0.355 bits per heavy atom. The van der Waals surface area contributed by atoms with Crippen LogP contribution in [0.5, 0.6) is 0 Å². The summed E-state index contributed by atoms with van der Waals surface area (Å²) in [6.07, 6.45) is 65.3. The first kappa shape index (κ1) is 58.3. The Labute approximate surface area is 381 Å². The first-order valence-electron chi connectivity index (χ1n) is 25.3. The van der Waals surface area contributed by atoms with Crippen LogP contribution in [-0.2, 0) is 28.6 Å². The lowest BCUT2D eigenvalue weighted by Crippen LogP contribution is -2.30. The van der Waals surface area contributed by atoms with Crippen LogP contribution in [0.1, 0.15) is 220 Å². The van der Waals surface area contributed by atoms with Crippen LogP contribution in [0, 0.1) is 0 Å². The molecule has 0 spiro atoms. The van der Waals surface area contributed by atoms with Gasteiger partial charge in [0.05, 0.1) is 0 Å². The quantitative estimate of drug-likeness (QED) is 0.0200. The number of hydrogen-bond acceptors (Lipinski definition) is 6. The highest BCUT2D eigenvalue weighted by atomic mass is 16.6. The largest absolute Gasteiger partial charge is 0.462 e. The van der Waals surface area contributed by atoms with Crippen molar-refractivity contribution in [2.24, 2.45) is 0 Å². The van der Waals surface area contributed by atoms with Crippen LogP contribution in [0.4, 0.5) is 0 Å². The zero-order valence-corrected chi connectivity index (χ0v) is 40.1. The maximum Gasteiger partial charge on any atom is 0.306 e. The summed E-state index contributed by atoms with van der Waals surface area (Å²) in [5.74, 6) is -0.948. The third-order valence-corrected chi connectivity index (χ3v) is 10.4. The summed E-state index contributed by atoms with van der Waals surface area (Å²) in [6, 6.07) is 0. The summed E-state index contributed by atoms with van der Waals surface area (Å²) in [4.78, 5) is 37.9. The Balaban J connectivity index is 4.45. The Morgan fingerprint density at radius 3 is 1.16 bits per heavy atom. The topological polar surface area (TPSA) is 78.9 Å². The molecule has 0 aromatic rings. The predicted octanol–water partition coefficient (Wildman–Crippen LogP) is 16.6. The van der Waals surface area contributed by atoms with Gasteiger partial charge in [-0.25, -0.2) is 0 Å². The van der Waals surface area contributed by atoms with E-state index in [1.54, 1.807) is 0 Å². The summed E-state index contributed by atoms with van der Waals surface area (Å²) in [6.45, 7) is 6.31. The van der Waals surface area contributed by atoms with Crippen molar-refractivity contribution in [1.82, 2.24) is 0 Å². The third kappa shape index (κ3) is 47.4. The first-order chi connectivity index (χ1) is 30.5. The maximum absolute atomic E-state index is 12.8. The van der Waals surface area contributed by atoms with Gasteiger partial charge in [0.1, 0.15) is 13.2 Å². The molecule has 0 aromatic heterocycles. The van der Waals surface area contributed by atoms with Gasteiger partial charge < -0.3 is 14.2 Å². The molecule has 0 rings (SSSR count). The molecule has 6 heteroatoms. The van der Waals surface area contributed by atoms with Crippen LogP contribution >= 0.6 is 0 Å². The minimum Gasteiger partial charge on any atom is -0.462 e. The Morgan fingerprint density at radius 2 is 0.710 bits per heavy atom. The van der Waals surface area contributed by atoms with Crippen molar-refractivity contribution in [3.63, 3.8) is 0 Å². The molecule has 0 heterocycles. The van der Waals surface area contributed by atoms with Crippen molar-refractivity contribution in [2.75, 3.05) is 13.2 Å². The molecule has 62 heavy (non-hydrogen) atoms. The summed E-state index contributed by atoms with van der Waals surface area (Å²) in [5.41, 5.74) is 0. The number of hydrogen-bond donors (Lipinski definition) is 0. The molecule has 0 saturated carbocycles. The smallest absolute Gasteiger partial charge is 0.306 e. The van der Waals surface area contributed by atoms with E-state index >= 15 is 0 Å². The molecule has 0 fully saturated rings. The van der Waals surface area contributed by atoms with E-state index in [1.165, 1.54) is 51.4 Å². The van der Waals surface area contributed by atoms with Crippen molar-refractivity contribution in [3.8, 4) is 0 Å². The molecule has 0 aliphatic carbocycles. The van der Waals surface area contributed by atoms with E-state index in [-0.39, 0.29) is 31.1 Å². The van der Waals surface area contributed by atoms with Crippen LogP contribution in [-0.4, -0.2) is 37.2 Å². The number of carbonyl (C=O) groups is 3. The van der Waals surface area contributed by atoms with Gasteiger partial charge in [-0.2, -0.15) is 0 Å². The van der Waals surface area contributed by atoms with Crippen molar-refractivity contribution in [1.29, 1.82) is 0 Å². The fourth-order valence-corrected chi connectivity index (χ4v) is 6.64. The average molecular weight is 861 g/mol. The molecule has 352 valence electrons. The number of rotatable bonds is 44. The molecular weight excluding hydrogens is 769 g/mol. The van der Waals surface area contributed by atoms with Gasteiger partial charge in [0.25, 0.3) is 0 Å². The average Bonchev–Trinajstić information content (AvgIpc) is 3.27. The highest BCUT2D eigenvalue weighted by Gasteiger charge is 2.19. The van der Waals surface area contributed by atoms with E-state index in [2.05, 4.69) is 93.7 Å². The minimum absolute atomic E-state index is 0.0974. The van der Waals surface area contributed by atoms with Gasteiger partial charge in [-0.05, 0) is 96.3 Å². The summed E-state index contributed by atoms with van der Waals surface area (Å²) >= 11 is 0. The minimum atomic E-state index is -0.799. The van der Waals surface area contributed by atoms with E-state index in [4.69, 9.17) is 14.2 Å². The highest BCUT2D eigenvalue weighted by Crippen LogP contribution is 2.13. The lowest BCUT2D eigenvalue weighted by Gasteiger charge is -2.18. The Hall–Kier alpha value is -3.67. The van der Waals surface area contributed by atoms with Gasteiger partial charge >= 0.3 is 17.9 Å². The van der Waals surface area contributed by atoms with Gasteiger partial charge in [0, 0.05) is 19.3 Å². The molecule has 0 amide bonds. The molecule has 0 aliphatic rings. The molecule has 0 N–H and O–H groups in total. The van der Waals surface area contributed by atoms with Crippen molar-refractivity contribution in [3.05, 3.63) is 97.2 Å². The van der Waals surface area contributed by atoms with Crippen LogP contribution in [0.15, 0.2) is 97.2 Å². The normalized spacial score (nSPS) is 12.9. The second kappa shape index (κ2) is 50.0. The van der Waals surface area contributed by atoms with Crippen molar-refractivity contribution in [2.45, 2.75) is 226 Å². The van der Waals surface area contributed by atoms with Gasteiger partial charge in [0.15, 0.2) is 6.10 Å². The fraction of sp³-hybridized carbons (Fsp3) is 0.661. The molecule has 0 saturated heterocycles. The van der Waals surface area contributed by atoms with Crippen molar-refractivity contribution >= 4 is 17.9 Å². The molecular formula is C56H92O6. The SMILES string of the molecule is CC\C=C/C=C\C=C/C=C\CCCCCCCC(=O)OC(COC(=O)CCCCCCC/C=C\C/C=C\CC)COC(=O)CCCCCCCCC/C=C\C/C=C\CCCCC. The molecule has 0 radical (unpaired) electrons. The molecule has 1 atom stereocenters. The summed E-state index contributed by atoms with van der Waals surface area (Å²) in [7, 11) is 0. The molecule has 0 aliphatic heterocycles. The van der Waals surface area contributed by atoms with E-state index in [9.17, 15) is 14.4 Å². The standard InChI is InChI=1S/C56H92O6/c1-4-7-10-13-16-19-22-25-27-28-30-31-34-37-40-43-46-49-55(58)61-52-53(51-60-54(57)48-45-42-39-36-33-24-21-18-15-12-9-6-3)62-56(59)50-47-44-41-38-35-32-29-26-23-20-17-14-11-8-5-2/h8-9,11-12,14,16-21,23,25-27,29,53H,4-7,10,13,15,22,24,28,30-52H2,1-3H3/b11-8-,12-9-,17-14-,19-16-,21-18-,23-20-,27-25-,29-26-. The lowest BCUT2D eigenvalue weighted by molar-refractivity contribution is -0.167. The molecule has 1 unspecified atom stereocenters. The molecule has 0 aromatic carbocycles. The lowest BCUT2D eigenvalue weighted by atomic mass is 10.1. The number of esters is 3. The number of ether oxygens (including phenoxy) is 3. The van der Waals surface area contributed by atoms with Crippen LogP contribution in [0.25, 0.3) is 0 Å². The second-order valence-corrected chi connectivity index (χ2v) is 16.4. The fourth-order valence-electron chi connectivity index (χ4n) is 6.64. The first-order valence-corrected chi connectivity index (χ1v) is 25.3. The Bertz CT molecular complexity index is 1260. The third-order valence-electron chi connectivity index (χ3n) is 10.4. The van der Waals surface area contributed by atoms with Gasteiger partial charge in [-0.1, -0.05) is 201 Å². The van der Waals surface area contributed by atoms with Gasteiger partial charge in [0.2, 0.25) is 0 Å². The predicted molar refractivity (Wildman–Crippen MR) is 265 cm³/mol. The summed E-state index contributed by atoms with van der Waals surface area (Å²) < 4.78 is 16.7. The monoisotopic (exact) mass is 861 g/mol. The van der Waals surface area contributed by atoms with Crippen LogP contribution < -0.4 is 0 Å². The van der Waals surface area contributed by atoms with E-state index in [0.29, 0.717) is 19.3 Å². The van der Waals surface area contributed by atoms with E-state index < -0.39 is 6.10 Å².